The summed E-state index contributed by atoms with van der Waals surface area (Å²) in [7, 11) is 0. The van der Waals surface area contributed by atoms with Crippen molar-refractivity contribution in [3.8, 4) is 0 Å². The highest BCUT2D eigenvalue weighted by atomic mass is 14.7. The van der Waals surface area contributed by atoms with Crippen molar-refractivity contribution in [3.05, 3.63) is 35.5 Å². The minimum atomic E-state index is 0.704. The molecule has 78 valence electrons. The SMILES string of the molecule is CC1CCCCc2c1[nH]c1ccccc21. The molecule has 1 aliphatic rings. The Kier molecular flexibility index (Phi) is 2.05. The molecule has 1 atom stereocenters. The maximum absolute atomic E-state index is 3.61. The fourth-order valence-corrected chi connectivity index (χ4v) is 2.81. The minimum absolute atomic E-state index is 0.704. The summed E-state index contributed by atoms with van der Waals surface area (Å²) in [5.74, 6) is 0.704. The van der Waals surface area contributed by atoms with Gasteiger partial charge >= 0.3 is 0 Å². The number of aromatic nitrogens is 1. The second-order valence-electron chi connectivity index (χ2n) is 4.71. The average molecular weight is 199 g/mol. The number of fused-ring (bicyclic) bond motifs is 3. The maximum atomic E-state index is 3.61. The fraction of sp³-hybridized carbons (Fsp3) is 0.429. The van der Waals surface area contributed by atoms with Crippen LogP contribution in [0.3, 0.4) is 0 Å². The summed E-state index contributed by atoms with van der Waals surface area (Å²) in [5, 5.41) is 1.45. The van der Waals surface area contributed by atoms with E-state index < -0.39 is 0 Å². The van der Waals surface area contributed by atoms with E-state index in [-0.39, 0.29) is 0 Å². The van der Waals surface area contributed by atoms with Crippen molar-refractivity contribution < 1.29 is 0 Å². The zero-order chi connectivity index (χ0) is 10.3. The second kappa shape index (κ2) is 3.41. The molecule has 3 rings (SSSR count). The smallest absolute Gasteiger partial charge is 0.0459 e. The topological polar surface area (TPSA) is 15.8 Å². The Morgan fingerprint density at radius 3 is 3.00 bits per heavy atom. The molecule has 1 nitrogen and oxygen atoms in total. The molecule has 2 aromatic rings. The van der Waals surface area contributed by atoms with Crippen LogP contribution < -0.4 is 0 Å². The maximum Gasteiger partial charge on any atom is 0.0459 e. The van der Waals surface area contributed by atoms with Crippen molar-refractivity contribution in [3.63, 3.8) is 0 Å². The van der Waals surface area contributed by atoms with Crippen molar-refractivity contribution in [1.82, 2.24) is 4.98 Å². The summed E-state index contributed by atoms with van der Waals surface area (Å²) in [4.78, 5) is 3.61. The van der Waals surface area contributed by atoms with Crippen LogP contribution in [-0.4, -0.2) is 4.98 Å². The van der Waals surface area contributed by atoms with E-state index >= 15 is 0 Å². The van der Waals surface area contributed by atoms with Gasteiger partial charge in [0.15, 0.2) is 0 Å². The van der Waals surface area contributed by atoms with E-state index in [2.05, 4.69) is 36.2 Å². The first-order chi connectivity index (χ1) is 7.36. The lowest BCUT2D eigenvalue weighted by molar-refractivity contribution is 0.626. The molecule has 0 fully saturated rings. The van der Waals surface area contributed by atoms with E-state index in [1.807, 2.05) is 0 Å². The largest absolute Gasteiger partial charge is 0.358 e. The van der Waals surface area contributed by atoms with Crippen LogP contribution in [0.5, 0.6) is 0 Å². The highest BCUT2D eigenvalue weighted by Crippen LogP contribution is 2.34. The fourth-order valence-electron chi connectivity index (χ4n) is 2.81. The van der Waals surface area contributed by atoms with Crippen LogP contribution in [0.2, 0.25) is 0 Å². The summed E-state index contributed by atoms with van der Waals surface area (Å²) in [6.45, 7) is 2.35. The summed E-state index contributed by atoms with van der Waals surface area (Å²) in [6, 6.07) is 8.70. The number of hydrogen-bond donors (Lipinski definition) is 1. The Bertz CT molecular complexity index is 481. The van der Waals surface area contributed by atoms with Crippen LogP contribution in [-0.2, 0) is 6.42 Å². The van der Waals surface area contributed by atoms with Gasteiger partial charge in [-0.15, -0.1) is 0 Å². The van der Waals surface area contributed by atoms with Crippen LogP contribution in [0.1, 0.15) is 43.4 Å². The first-order valence-electron chi connectivity index (χ1n) is 5.96. The molecular formula is C14H17N. The molecule has 1 aliphatic carbocycles. The Morgan fingerprint density at radius 2 is 2.07 bits per heavy atom. The summed E-state index contributed by atoms with van der Waals surface area (Å²) >= 11 is 0. The molecule has 0 amide bonds. The normalized spacial score (nSPS) is 21.3. The van der Waals surface area contributed by atoms with Crippen LogP contribution >= 0.6 is 0 Å². The van der Waals surface area contributed by atoms with E-state index in [0.717, 1.165) is 0 Å². The molecular weight excluding hydrogens is 182 g/mol. The number of hydrogen-bond acceptors (Lipinski definition) is 0. The van der Waals surface area contributed by atoms with E-state index in [0.29, 0.717) is 5.92 Å². The van der Waals surface area contributed by atoms with Gasteiger partial charge in [0.2, 0.25) is 0 Å². The van der Waals surface area contributed by atoms with Crippen molar-refractivity contribution in [1.29, 1.82) is 0 Å². The van der Waals surface area contributed by atoms with Gasteiger partial charge in [-0.25, -0.2) is 0 Å². The minimum Gasteiger partial charge on any atom is -0.358 e. The third-order valence-electron chi connectivity index (χ3n) is 3.65. The lowest BCUT2D eigenvalue weighted by Crippen LogP contribution is -1.93. The molecule has 0 spiro atoms. The van der Waals surface area contributed by atoms with Gasteiger partial charge in [-0.1, -0.05) is 31.5 Å². The lowest BCUT2D eigenvalue weighted by Gasteiger charge is -2.06. The predicted molar refractivity (Wildman–Crippen MR) is 64.3 cm³/mol. The molecule has 1 aromatic carbocycles. The zero-order valence-corrected chi connectivity index (χ0v) is 9.22. The Morgan fingerprint density at radius 1 is 1.20 bits per heavy atom. The first kappa shape index (κ1) is 9.02. The number of nitrogens with one attached hydrogen (secondary N) is 1. The molecule has 0 radical (unpaired) electrons. The molecule has 1 unspecified atom stereocenters. The van der Waals surface area contributed by atoms with E-state index in [9.17, 15) is 0 Å². The molecule has 1 heteroatoms. The summed E-state index contributed by atoms with van der Waals surface area (Å²) in [5.41, 5.74) is 4.39. The van der Waals surface area contributed by atoms with Gasteiger partial charge in [0.05, 0.1) is 0 Å². The van der Waals surface area contributed by atoms with Gasteiger partial charge < -0.3 is 4.98 Å². The molecule has 0 bridgehead atoms. The van der Waals surface area contributed by atoms with Gasteiger partial charge in [0.1, 0.15) is 0 Å². The monoisotopic (exact) mass is 199 g/mol. The number of aryl methyl sites for hydroxylation is 1. The van der Waals surface area contributed by atoms with Crippen LogP contribution in [0.25, 0.3) is 10.9 Å². The van der Waals surface area contributed by atoms with Crippen LogP contribution in [0.4, 0.5) is 0 Å². The quantitative estimate of drug-likeness (QED) is 0.617. The number of H-pyrrole nitrogens is 1. The molecule has 0 aliphatic heterocycles. The Hall–Kier alpha value is -1.24. The average Bonchev–Trinajstić information content (AvgIpc) is 2.54. The molecule has 1 N–H and O–H groups in total. The summed E-state index contributed by atoms with van der Waals surface area (Å²) in [6.07, 6.45) is 5.31. The Balaban J connectivity index is 2.26. The first-order valence-corrected chi connectivity index (χ1v) is 5.96. The van der Waals surface area contributed by atoms with Crippen molar-refractivity contribution >= 4 is 10.9 Å². The van der Waals surface area contributed by atoms with Gasteiger partial charge in [-0.3, -0.25) is 0 Å². The Labute approximate surface area is 90.5 Å². The number of rotatable bonds is 0. The van der Waals surface area contributed by atoms with Gasteiger partial charge in [0, 0.05) is 16.6 Å². The van der Waals surface area contributed by atoms with E-state index in [1.165, 1.54) is 42.3 Å². The highest BCUT2D eigenvalue weighted by molar-refractivity contribution is 5.84. The standard InChI is InChI=1S/C14H17N/c1-10-6-2-3-8-12-11-7-4-5-9-13(11)15-14(10)12/h4-5,7,9-10,15H,2-3,6,8H2,1H3. The zero-order valence-electron chi connectivity index (χ0n) is 9.22. The number of para-hydroxylation sites is 1. The van der Waals surface area contributed by atoms with Crippen LogP contribution in [0.15, 0.2) is 24.3 Å². The van der Waals surface area contributed by atoms with Gasteiger partial charge in [-0.05, 0) is 36.8 Å². The molecule has 15 heavy (non-hydrogen) atoms. The number of aromatic amines is 1. The van der Waals surface area contributed by atoms with Gasteiger partial charge in [0.25, 0.3) is 0 Å². The third kappa shape index (κ3) is 1.38. The molecule has 0 saturated carbocycles. The number of benzene rings is 1. The van der Waals surface area contributed by atoms with Crippen molar-refractivity contribution in [2.75, 3.05) is 0 Å². The van der Waals surface area contributed by atoms with E-state index in [1.54, 1.807) is 5.56 Å². The highest BCUT2D eigenvalue weighted by Gasteiger charge is 2.18. The predicted octanol–water partition coefficient (Wildman–Crippen LogP) is 4.00. The van der Waals surface area contributed by atoms with Crippen LogP contribution in [0, 0.1) is 0 Å². The molecule has 1 aromatic heterocycles. The van der Waals surface area contributed by atoms with Crippen molar-refractivity contribution in [2.24, 2.45) is 0 Å². The second-order valence-corrected chi connectivity index (χ2v) is 4.71. The van der Waals surface area contributed by atoms with Gasteiger partial charge in [-0.2, -0.15) is 0 Å². The van der Waals surface area contributed by atoms with Crippen molar-refractivity contribution in [2.45, 2.75) is 38.5 Å². The molecule has 0 saturated heterocycles. The van der Waals surface area contributed by atoms with E-state index in [4.69, 9.17) is 0 Å². The third-order valence-corrected chi connectivity index (χ3v) is 3.65. The lowest BCUT2D eigenvalue weighted by atomic mass is 10.0. The molecule has 1 heterocycles. The summed E-state index contributed by atoms with van der Waals surface area (Å²) < 4.78 is 0.